The average molecular weight is 279 g/mol. The van der Waals surface area contributed by atoms with Crippen molar-refractivity contribution in [2.45, 2.75) is 9.92 Å². The highest BCUT2D eigenvalue weighted by atomic mass is 32.2. The number of nitrogens with two attached hydrogens (primary N) is 1. The minimum atomic E-state index is -3.79. The lowest BCUT2D eigenvalue weighted by Crippen LogP contribution is -2.04. The van der Waals surface area contributed by atoms with Gasteiger partial charge in [-0.1, -0.05) is 0 Å². The van der Waals surface area contributed by atoms with Gasteiger partial charge in [0.25, 0.3) is 5.69 Å². The van der Waals surface area contributed by atoms with Crippen molar-refractivity contribution in [3.8, 4) is 0 Å². The summed E-state index contributed by atoms with van der Waals surface area (Å²) in [7, 11) is -3.79. The zero-order valence-electron chi connectivity index (χ0n) is 9.55. The third-order valence-corrected chi connectivity index (χ3v) is 4.08. The molecule has 0 fully saturated rings. The van der Waals surface area contributed by atoms with Crippen LogP contribution in [0.15, 0.2) is 52.5 Å². The van der Waals surface area contributed by atoms with E-state index in [0.717, 1.165) is 18.3 Å². The summed E-state index contributed by atoms with van der Waals surface area (Å²) in [6.45, 7) is 0. The number of nitrogens with zero attached hydrogens (tertiary/aromatic N) is 2. The Kier molecular flexibility index (Phi) is 3.17. The zero-order valence-corrected chi connectivity index (χ0v) is 10.4. The van der Waals surface area contributed by atoms with Gasteiger partial charge in [0, 0.05) is 11.8 Å². The van der Waals surface area contributed by atoms with Crippen molar-refractivity contribution in [1.82, 2.24) is 4.98 Å². The molecule has 1 aromatic heterocycles. The molecule has 0 spiro atoms. The summed E-state index contributed by atoms with van der Waals surface area (Å²) in [4.78, 5) is 13.5. The molecule has 8 heteroatoms. The number of rotatable bonds is 3. The van der Waals surface area contributed by atoms with Crippen LogP contribution in [0.1, 0.15) is 0 Å². The summed E-state index contributed by atoms with van der Waals surface area (Å²) in [5, 5.41) is 10.2. The van der Waals surface area contributed by atoms with Crippen LogP contribution in [0.5, 0.6) is 0 Å². The molecule has 1 heterocycles. The van der Waals surface area contributed by atoms with Crippen molar-refractivity contribution in [2.24, 2.45) is 0 Å². The summed E-state index contributed by atoms with van der Waals surface area (Å²) in [5.74, 6) is 0. The number of pyridine rings is 1. The number of hydrogen-bond donors (Lipinski definition) is 1. The predicted molar refractivity (Wildman–Crippen MR) is 67.2 cm³/mol. The molecule has 0 saturated heterocycles. The lowest BCUT2D eigenvalue weighted by molar-refractivity contribution is -0.385. The van der Waals surface area contributed by atoms with Crippen LogP contribution in [-0.2, 0) is 9.84 Å². The number of sulfone groups is 1. The topological polar surface area (TPSA) is 116 Å². The quantitative estimate of drug-likeness (QED) is 0.515. The van der Waals surface area contributed by atoms with E-state index in [0.29, 0.717) is 5.69 Å². The van der Waals surface area contributed by atoms with Gasteiger partial charge in [-0.3, -0.25) is 10.1 Å². The SMILES string of the molecule is Nc1ccc(S(=O)(=O)c2ccc([N+](=O)[O-])cn2)cc1. The Labute approximate surface area is 108 Å². The minimum absolute atomic E-state index is 0.0306. The van der Waals surface area contributed by atoms with Crippen molar-refractivity contribution < 1.29 is 13.3 Å². The number of hydrogen-bond acceptors (Lipinski definition) is 6. The van der Waals surface area contributed by atoms with Gasteiger partial charge >= 0.3 is 0 Å². The zero-order chi connectivity index (χ0) is 14.0. The molecule has 98 valence electrons. The number of nitrogen functional groups attached to an aromatic ring is 1. The van der Waals surface area contributed by atoms with Crippen LogP contribution < -0.4 is 5.73 Å². The normalized spacial score (nSPS) is 11.2. The Balaban J connectivity index is 2.44. The van der Waals surface area contributed by atoms with Gasteiger partial charge < -0.3 is 5.73 Å². The van der Waals surface area contributed by atoms with Gasteiger partial charge in [-0.2, -0.15) is 0 Å². The van der Waals surface area contributed by atoms with Crippen molar-refractivity contribution in [1.29, 1.82) is 0 Å². The Morgan fingerprint density at radius 2 is 1.74 bits per heavy atom. The van der Waals surface area contributed by atoms with Gasteiger partial charge in [0.1, 0.15) is 6.20 Å². The van der Waals surface area contributed by atoms with E-state index in [9.17, 15) is 18.5 Å². The Morgan fingerprint density at radius 1 is 1.11 bits per heavy atom. The monoisotopic (exact) mass is 279 g/mol. The first-order valence-electron chi connectivity index (χ1n) is 5.12. The molecule has 7 nitrogen and oxygen atoms in total. The second-order valence-electron chi connectivity index (χ2n) is 3.68. The third-order valence-electron chi connectivity index (χ3n) is 2.40. The van der Waals surface area contributed by atoms with Crippen LogP contribution >= 0.6 is 0 Å². The first-order valence-corrected chi connectivity index (χ1v) is 6.60. The number of anilines is 1. The van der Waals surface area contributed by atoms with E-state index >= 15 is 0 Å². The van der Waals surface area contributed by atoms with E-state index in [1.54, 1.807) is 0 Å². The average Bonchev–Trinajstić information content (AvgIpc) is 2.39. The molecule has 2 N–H and O–H groups in total. The van der Waals surface area contributed by atoms with Crippen LogP contribution in [0, 0.1) is 10.1 Å². The molecule has 2 rings (SSSR count). The summed E-state index contributed by atoms with van der Waals surface area (Å²) in [6, 6.07) is 7.82. The molecule has 2 aromatic rings. The second-order valence-corrected chi connectivity index (χ2v) is 5.58. The standard InChI is InChI=1S/C11H9N3O4S/c12-8-1-4-10(5-2-8)19(17,18)11-6-3-9(7-13-11)14(15)16/h1-7H,12H2. The van der Waals surface area contributed by atoms with Crippen molar-refractivity contribution >= 4 is 21.2 Å². The van der Waals surface area contributed by atoms with E-state index in [1.165, 1.54) is 24.3 Å². The smallest absolute Gasteiger partial charge is 0.287 e. The molecule has 19 heavy (non-hydrogen) atoms. The maximum atomic E-state index is 12.2. The molecular weight excluding hydrogens is 270 g/mol. The van der Waals surface area contributed by atoms with Gasteiger partial charge in [0.2, 0.25) is 9.84 Å². The molecule has 0 radical (unpaired) electrons. The van der Waals surface area contributed by atoms with Gasteiger partial charge in [-0.15, -0.1) is 0 Å². The first kappa shape index (κ1) is 13.0. The minimum Gasteiger partial charge on any atom is -0.399 e. The summed E-state index contributed by atoms with van der Waals surface area (Å²) in [5.41, 5.74) is 5.65. The van der Waals surface area contributed by atoms with Crippen molar-refractivity contribution in [2.75, 3.05) is 5.73 Å². The van der Waals surface area contributed by atoms with Gasteiger partial charge in [-0.05, 0) is 30.3 Å². The molecule has 0 aliphatic rings. The summed E-state index contributed by atoms with van der Waals surface area (Å²) >= 11 is 0. The van der Waals surface area contributed by atoms with Gasteiger partial charge in [0.05, 0.1) is 9.82 Å². The third kappa shape index (κ3) is 2.52. The van der Waals surface area contributed by atoms with E-state index in [1.807, 2.05) is 0 Å². The Morgan fingerprint density at radius 3 is 2.21 bits per heavy atom. The molecule has 0 saturated carbocycles. The van der Waals surface area contributed by atoms with Gasteiger partial charge in [0.15, 0.2) is 5.03 Å². The molecule has 0 aliphatic carbocycles. The molecule has 0 atom stereocenters. The maximum Gasteiger partial charge on any atom is 0.287 e. The van der Waals surface area contributed by atoms with E-state index in [-0.39, 0.29) is 15.6 Å². The van der Waals surface area contributed by atoms with Crippen LogP contribution in [0.2, 0.25) is 0 Å². The lowest BCUT2D eigenvalue weighted by Gasteiger charge is -2.03. The van der Waals surface area contributed by atoms with Crippen LogP contribution in [-0.4, -0.2) is 18.3 Å². The van der Waals surface area contributed by atoms with E-state index < -0.39 is 14.8 Å². The molecule has 0 unspecified atom stereocenters. The van der Waals surface area contributed by atoms with Crippen LogP contribution in [0.3, 0.4) is 0 Å². The molecule has 0 aliphatic heterocycles. The summed E-state index contributed by atoms with van der Waals surface area (Å²) < 4.78 is 24.3. The highest BCUT2D eigenvalue weighted by Crippen LogP contribution is 2.21. The first-order chi connectivity index (χ1) is 8.91. The predicted octanol–water partition coefficient (Wildman–Crippen LogP) is 1.40. The molecule has 0 amide bonds. The number of nitro groups is 1. The Hall–Kier alpha value is -2.48. The van der Waals surface area contributed by atoms with Crippen molar-refractivity contribution in [3.05, 3.63) is 52.7 Å². The van der Waals surface area contributed by atoms with E-state index in [4.69, 9.17) is 5.73 Å². The van der Waals surface area contributed by atoms with Gasteiger partial charge in [-0.25, -0.2) is 13.4 Å². The maximum absolute atomic E-state index is 12.2. The fraction of sp³-hybridized carbons (Fsp3) is 0. The highest BCUT2D eigenvalue weighted by Gasteiger charge is 2.20. The van der Waals surface area contributed by atoms with Crippen molar-refractivity contribution in [3.63, 3.8) is 0 Å². The fourth-order valence-electron chi connectivity index (χ4n) is 1.41. The number of benzene rings is 1. The summed E-state index contributed by atoms with van der Waals surface area (Å²) in [6.07, 6.45) is 0.907. The Bertz CT molecular complexity index is 709. The molecular formula is C11H9N3O4S. The largest absolute Gasteiger partial charge is 0.399 e. The second kappa shape index (κ2) is 4.65. The van der Waals surface area contributed by atoms with Crippen LogP contribution in [0.25, 0.3) is 0 Å². The lowest BCUT2D eigenvalue weighted by atomic mass is 10.3. The van der Waals surface area contributed by atoms with E-state index in [2.05, 4.69) is 4.98 Å². The van der Waals surface area contributed by atoms with Crippen LogP contribution in [0.4, 0.5) is 11.4 Å². The highest BCUT2D eigenvalue weighted by molar-refractivity contribution is 7.91. The molecule has 0 bridgehead atoms. The number of aromatic nitrogens is 1. The molecule has 1 aromatic carbocycles. The fourth-order valence-corrected chi connectivity index (χ4v) is 2.58.